The van der Waals surface area contributed by atoms with E-state index < -0.39 is 10.0 Å². The van der Waals surface area contributed by atoms with Gasteiger partial charge in [0.1, 0.15) is 11.6 Å². The first-order valence-electron chi connectivity index (χ1n) is 8.53. The smallest absolute Gasteiger partial charge is 0.263 e. The van der Waals surface area contributed by atoms with Crippen molar-refractivity contribution >= 4 is 21.8 Å². The zero-order chi connectivity index (χ0) is 18.1. The Labute approximate surface area is 151 Å². The number of nitrogens with zero attached hydrogens (tertiary/aromatic N) is 2. The fourth-order valence-electron chi connectivity index (χ4n) is 3.04. The van der Waals surface area contributed by atoms with Crippen molar-refractivity contribution in [1.82, 2.24) is 9.62 Å². The molecule has 0 bridgehead atoms. The van der Waals surface area contributed by atoms with Crippen LogP contribution in [0.1, 0.15) is 30.6 Å². The molecule has 1 aliphatic carbocycles. The highest BCUT2D eigenvalue weighted by atomic mass is 32.2. The number of rotatable bonds is 6. The van der Waals surface area contributed by atoms with Crippen molar-refractivity contribution in [3.63, 3.8) is 0 Å². The molecule has 1 aromatic carbocycles. The molecular weight excluding hydrogens is 354 g/mol. The quantitative estimate of drug-likeness (QED) is 0.837. The summed E-state index contributed by atoms with van der Waals surface area (Å²) in [6.07, 6.45) is 3.84. The second-order valence-corrected chi connectivity index (χ2v) is 8.06. The summed E-state index contributed by atoms with van der Waals surface area (Å²) in [4.78, 5) is 18.9. The summed E-state index contributed by atoms with van der Waals surface area (Å²) in [5.74, 6) is 1.06. The highest BCUT2D eigenvalue weighted by Gasteiger charge is 2.33. The number of hydrogen-bond acceptors (Lipinski definition) is 5. The Bertz CT molecular complexity index is 947. The van der Waals surface area contributed by atoms with Crippen LogP contribution >= 0.6 is 0 Å². The number of amides is 1. The number of aliphatic imine (C=N–C) groups is 1. The summed E-state index contributed by atoms with van der Waals surface area (Å²) >= 11 is 0. The normalized spacial score (nSPS) is 19.2. The minimum atomic E-state index is -3.55. The summed E-state index contributed by atoms with van der Waals surface area (Å²) in [6, 6.07) is 10.6. The van der Waals surface area contributed by atoms with Gasteiger partial charge in [-0.2, -0.15) is 0 Å². The molecule has 0 saturated heterocycles. The molecule has 8 heteroatoms. The first-order valence-corrected chi connectivity index (χ1v) is 10.0. The molecule has 1 fully saturated rings. The molecule has 1 amide bonds. The van der Waals surface area contributed by atoms with Crippen LogP contribution in [0, 0.1) is 0 Å². The minimum absolute atomic E-state index is 0.00221. The first kappa shape index (κ1) is 16.8. The van der Waals surface area contributed by atoms with Gasteiger partial charge in [0.25, 0.3) is 10.0 Å². The van der Waals surface area contributed by atoms with Crippen molar-refractivity contribution < 1.29 is 17.6 Å². The average Bonchev–Trinajstić information content (AvgIpc) is 3.26. The van der Waals surface area contributed by atoms with Gasteiger partial charge in [0, 0.05) is 18.0 Å². The highest BCUT2D eigenvalue weighted by molar-refractivity contribution is 7.90. The Morgan fingerprint density at radius 3 is 2.77 bits per heavy atom. The van der Waals surface area contributed by atoms with E-state index in [0.717, 1.165) is 18.6 Å². The van der Waals surface area contributed by atoms with Gasteiger partial charge in [-0.1, -0.05) is 12.1 Å². The van der Waals surface area contributed by atoms with Crippen LogP contribution in [-0.4, -0.2) is 37.6 Å². The van der Waals surface area contributed by atoms with Crippen molar-refractivity contribution in [3.05, 3.63) is 54.0 Å². The number of amidine groups is 1. The van der Waals surface area contributed by atoms with Gasteiger partial charge in [0.05, 0.1) is 24.2 Å². The van der Waals surface area contributed by atoms with Gasteiger partial charge in [-0.15, -0.1) is 0 Å². The summed E-state index contributed by atoms with van der Waals surface area (Å²) in [7, 11) is -3.55. The Balaban J connectivity index is 1.42. The van der Waals surface area contributed by atoms with E-state index in [9.17, 15) is 13.2 Å². The number of nitrogens with one attached hydrogen (secondary N) is 1. The lowest BCUT2D eigenvalue weighted by atomic mass is 10.2. The van der Waals surface area contributed by atoms with E-state index >= 15 is 0 Å². The van der Waals surface area contributed by atoms with Crippen molar-refractivity contribution in [2.45, 2.75) is 36.7 Å². The van der Waals surface area contributed by atoms with Crippen molar-refractivity contribution in [3.8, 4) is 0 Å². The second-order valence-electron chi connectivity index (χ2n) is 6.41. The molecule has 0 spiro atoms. The van der Waals surface area contributed by atoms with Crippen LogP contribution in [0.4, 0.5) is 0 Å². The van der Waals surface area contributed by atoms with Gasteiger partial charge in [-0.3, -0.25) is 14.5 Å². The Morgan fingerprint density at radius 1 is 1.23 bits per heavy atom. The second kappa shape index (κ2) is 6.60. The zero-order valence-corrected chi connectivity index (χ0v) is 14.9. The molecular formula is C18H19N3O4S. The number of carbonyl (C=O) groups is 1. The predicted molar refractivity (Wildman–Crippen MR) is 95.1 cm³/mol. The van der Waals surface area contributed by atoms with Crippen LogP contribution in [0.25, 0.3) is 0 Å². The molecule has 0 unspecified atom stereocenters. The van der Waals surface area contributed by atoms with E-state index in [-0.39, 0.29) is 29.8 Å². The van der Waals surface area contributed by atoms with Gasteiger partial charge < -0.3 is 9.32 Å². The highest BCUT2D eigenvalue weighted by Crippen LogP contribution is 2.29. The summed E-state index contributed by atoms with van der Waals surface area (Å²) in [5, 5.41) is 0. The maximum Gasteiger partial charge on any atom is 0.263 e. The largest absolute Gasteiger partial charge is 0.467 e. The molecule has 2 aromatic rings. The zero-order valence-electron chi connectivity index (χ0n) is 14.1. The lowest BCUT2D eigenvalue weighted by Gasteiger charge is -2.21. The standard InChI is InChI=1S/C18H19N3O4S/c22-17(21(13-7-8-13)12-14-4-3-11-25-14)9-10-19-18-15-5-1-2-6-16(15)26(23,24)20-18/h1-6,11,13H,7-10,12H2,(H,19,20). The Hall–Kier alpha value is -2.61. The maximum absolute atomic E-state index is 12.6. The van der Waals surface area contributed by atoms with Crippen molar-refractivity contribution in [1.29, 1.82) is 0 Å². The number of hydrogen-bond donors (Lipinski definition) is 1. The predicted octanol–water partition coefficient (Wildman–Crippen LogP) is 1.90. The van der Waals surface area contributed by atoms with Crippen LogP contribution in [0.3, 0.4) is 0 Å². The number of fused-ring (bicyclic) bond motifs is 1. The Kier molecular flexibility index (Phi) is 4.28. The molecule has 1 aromatic heterocycles. The van der Waals surface area contributed by atoms with Crippen molar-refractivity contribution in [2.75, 3.05) is 6.54 Å². The minimum Gasteiger partial charge on any atom is -0.467 e. The van der Waals surface area contributed by atoms with Gasteiger partial charge in [0.2, 0.25) is 5.91 Å². The molecule has 0 radical (unpaired) electrons. The molecule has 2 aliphatic rings. The number of sulfonamides is 1. The lowest BCUT2D eigenvalue weighted by molar-refractivity contribution is -0.132. The third kappa shape index (κ3) is 3.37. The van der Waals surface area contributed by atoms with Gasteiger partial charge in [0.15, 0.2) is 0 Å². The van der Waals surface area contributed by atoms with E-state index in [2.05, 4.69) is 9.71 Å². The molecule has 1 saturated carbocycles. The SMILES string of the molecule is O=C(CCN=C1NS(=O)(=O)c2ccccc21)N(Cc1ccco1)C1CC1. The van der Waals surface area contributed by atoms with E-state index in [1.54, 1.807) is 36.6 Å². The molecule has 7 nitrogen and oxygen atoms in total. The number of carbonyl (C=O) groups excluding carboxylic acids is 1. The molecule has 2 heterocycles. The number of furan rings is 1. The van der Waals surface area contributed by atoms with Crippen molar-refractivity contribution in [2.24, 2.45) is 4.99 Å². The van der Waals surface area contributed by atoms with Gasteiger partial charge in [-0.25, -0.2) is 8.42 Å². The van der Waals surface area contributed by atoms with Crippen LogP contribution in [0.15, 0.2) is 57.0 Å². The van der Waals surface area contributed by atoms with Crippen LogP contribution in [0.5, 0.6) is 0 Å². The maximum atomic E-state index is 12.6. The van der Waals surface area contributed by atoms with Gasteiger partial charge in [-0.05, 0) is 37.1 Å². The molecule has 1 aliphatic heterocycles. The monoisotopic (exact) mass is 373 g/mol. The van der Waals surface area contributed by atoms with Crippen LogP contribution in [-0.2, 0) is 21.4 Å². The number of benzene rings is 1. The summed E-state index contributed by atoms with van der Waals surface area (Å²) in [5.41, 5.74) is 0.551. The molecule has 0 atom stereocenters. The third-order valence-corrected chi connectivity index (χ3v) is 5.87. The van der Waals surface area contributed by atoms with E-state index in [1.807, 2.05) is 11.0 Å². The topological polar surface area (TPSA) is 92.0 Å². The van der Waals surface area contributed by atoms with E-state index in [1.165, 1.54) is 0 Å². The first-order chi connectivity index (χ1) is 12.5. The average molecular weight is 373 g/mol. The Morgan fingerprint density at radius 2 is 2.04 bits per heavy atom. The molecule has 26 heavy (non-hydrogen) atoms. The third-order valence-electron chi connectivity index (χ3n) is 4.47. The van der Waals surface area contributed by atoms with Crippen LogP contribution in [0.2, 0.25) is 0 Å². The fourth-order valence-corrected chi connectivity index (χ4v) is 4.29. The summed E-state index contributed by atoms with van der Waals surface area (Å²) < 4.78 is 31.9. The van der Waals surface area contributed by atoms with E-state index in [0.29, 0.717) is 17.9 Å². The fraction of sp³-hybridized carbons (Fsp3) is 0.333. The molecule has 1 N–H and O–H groups in total. The van der Waals surface area contributed by atoms with Crippen LogP contribution < -0.4 is 4.72 Å². The molecule has 4 rings (SSSR count). The molecule has 136 valence electrons. The summed E-state index contributed by atoms with van der Waals surface area (Å²) in [6.45, 7) is 0.689. The lowest BCUT2D eigenvalue weighted by Crippen LogP contribution is -2.33. The van der Waals surface area contributed by atoms with Gasteiger partial charge >= 0.3 is 0 Å². The van der Waals surface area contributed by atoms with E-state index in [4.69, 9.17) is 4.42 Å².